The van der Waals surface area contributed by atoms with Crippen LogP contribution in [0.3, 0.4) is 0 Å². The normalized spacial score (nSPS) is 26.9. The molecule has 8 nitrogen and oxygen atoms in total. The van der Waals surface area contributed by atoms with Crippen LogP contribution < -0.4 is 5.32 Å². The highest BCUT2D eigenvalue weighted by atomic mass is 16.2. The molecule has 2 aromatic rings. The maximum atomic E-state index is 13.6. The van der Waals surface area contributed by atoms with Crippen LogP contribution in [0.1, 0.15) is 50.5 Å². The first-order valence-corrected chi connectivity index (χ1v) is 12.8. The van der Waals surface area contributed by atoms with Gasteiger partial charge in [-0.25, -0.2) is 14.8 Å². The molecule has 5 rings (SSSR count). The third-order valence-electron chi connectivity index (χ3n) is 8.58. The lowest BCUT2D eigenvalue weighted by molar-refractivity contribution is -0.116. The lowest BCUT2D eigenvalue weighted by atomic mass is 9.68. The summed E-state index contributed by atoms with van der Waals surface area (Å²) in [6.07, 6.45) is 12.0. The SMILES string of the molecule is CN(C)[C@]1(c2ccccc2)CC[C@]2(CC1)CN(CC(=O)Nc1cncnc1)C(=O)N2CC1CCC1. The van der Waals surface area contributed by atoms with Gasteiger partial charge in [-0.05, 0) is 64.1 Å². The average molecular weight is 477 g/mol. The Morgan fingerprint density at radius 3 is 2.37 bits per heavy atom. The zero-order valence-electron chi connectivity index (χ0n) is 20.8. The van der Waals surface area contributed by atoms with Gasteiger partial charge in [-0.15, -0.1) is 0 Å². The van der Waals surface area contributed by atoms with E-state index >= 15 is 0 Å². The quantitative estimate of drug-likeness (QED) is 0.659. The molecule has 1 N–H and O–H groups in total. The monoisotopic (exact) mass is 476 g/mol. The Bertz CT molecular complexity index is 1030. The number of urea groups is 1. The highest BCUT2D eigenvalue weighted by Crippen LogP contribution is 2.49. The number of nitrogens with one attached hydrogen (secondary N) is 1. The van der Waals surface area contributed by atoms with E-state index in [0.717, 1.165) is 32.2 Å². The molecule has 0 radical (unpaired) electrons. The molecule has 0 bridgehead atoms. The van der Waals surface area contributed by atoms with Gasteiger partial charge in [-0.2, -0.15) is 0 Å². The zero-order valence-corrected chi connectivity index (χ0v) is 20.8. The van der Waals surface area contributed by atoms with E-state index < -0.39 is 0 Å². The third-order valence-corrected chi connectivity index (χ3v) is 8.58. The number of hydrogen-bond acceptors (Lipinski definition) is 5. The summed E-state index contributed by atoms with van der Waals surface area (Å²) in [4.78, 5) is 40.6. The van der Waals surface area contributed by atoms with Crippen molar-refractivity contribution in [1.29, 1.82) is 0 Å². The summed E-state index contributed by atoms with van der Waals surface area (Å²) >= 11 is 0. The van der Waals surface area contributed by atoms with Crippen molar-refractivity contribution in [3.8, 4) is 0 Å². The number of benzene rings is 1. The van der Waals surface area contributed by atoms with Crippen molar-refractivity contribution in [3.05, 3.63) is 54.6 Å². The molecule has 35 heavy (non-hydrogen) atoms. The Morgan fingerprint density at radius 1 is 1.09 bits per heavy atom. The topological polar surface area (TPSA) is 81.7 Å². The predicted octanol–water partition coefficient (Wildman–Crippen LogP) is 3.72. The van der Waals surface area contributed by atoms with Gasteiger partial charge in [0.2, 0.25) is 5.91 Å². The molecule has 186 valence electrons. The van der Waals surface area contributed by atoms with E-state index in [1.807, 2.05) is 0 Å². The van der Waals surface area contributed by atoms with Crippen LogP contribution in [0.5, 0.6) is 0 Å². The van der Waals surface area contributed by atoms with Gasteiger partial charge in [0.25, 0.3) is 0 Å². The van der Waals surface area contributed by atoms with E-state index in [-0.39, 0.29) is 29.6 Å². The smallest absolute Gasteiger partial charge is 0.321 e. The third kappa shape index (κ3) is 4.51. The second-order valence-electron chi connectivity index (χ2n) is 10.7. The number of carbonyl (C=O) groups is 2. The molecule has 3 fully saturated rings. The summed E-state index contributed by atoms with van der Waals surface area (Å²) in [5.41, 5.74) is 1.64. The first-order valence-electron chi connectivity index (χ1n) is 12.8. The van der Waals surface area contributed by atoms with Crippen LogP contribution in [0.2, 0.25) is 0 Å². The zero-order chi connectivity index (χ0) is 24.5. The van der Waals surface area contributed by atoms with Gasteiger partial charge in [-0.3, -0.25) is 9.69 Å². The van der Waals surface area contributed by atoms with Crippen molar-refractivity contribution in [1.82, 2.24) is 24.7 Å². The van der Waals surface area contributed by atoms with Crippen molar-refractivity contribution in [2.45, 2.75) is 56.0 Å². The van der Waals surface area contributed by atoms with E-state index in [1.165, 1.54) is 31.2 Å². The first-order chi connectivity index (χ1) is 16.9. The molecule has 0 unspecified atom stereocenters. The van der Waals surface area contributed by atoms with Crippen molar-refractivity contribution in [3.63, 3.8) is 0 Å². The number of nitrogens with zero attached hydrogens (tertiary/aromatic N) is 5. The molecular formula is C27H36N6O2. The fourth-order valence-corrected chi connectivity index (χ4v) is 6.25. The molecular weight excluding hydrogens is 440 g/mol. The van der Waals surface area contributed by atoms with Gasteiger partial charge in [0, 0.05) is 18.6 Å². The fraction of sp³-hybridized carbons (Fsp3) is 0.556. The van der Waals surface area contributed by atoms with Crippen LogP contribution in [0.25, 0.3) is 0 Å². The van der Waals surface area contributed by atoms with Crippen LogP contribution in [0, 0.1) is 5.92 Å². The predicted molar refractivity (Wildman–Crippen MR) is 135 cm³/mol. The van der Waals surface area contributed by atoms with Crippen LogP contribution >= 0.6 is 0 Å². The van der Waals surface area contributed by atoms with Crippen molar-refractivity contribution < 1.29 is 9.59 Å². The minimum atomic E-state index is -0.212. The first kappa shape index (κ1) is 23.7. The summed E-state index contributed by atoms with van der Waals surface area (Å²) in [5, 5.41) is 2.83. The standard InChI is InChI=1S/C27H36N6O2/c1-31(2)27(22-9-4-3-5-10-22)13-11-26(12-14-27)19-32(25(35)33(26)17-21-7-6-8-21)18-24(34)30-23-15-28-20-29-16-23/h3-5,9-10,15-16,20-21H,6-8,11-14,17-19H2,1-2H3,(H,30,34)/t26-,27+. The molecule has 1 aromatic carbocycles. The molecule has 1 aliphatic heterocycles. The minimum Gasteiger partial charge on any atom is -0.322 e. The molecule has 3 aliphatic rings. The van der Waals surface area contributed by atoms with Crippen LogP contribution in [0.4, 0.5) is 10.5 Å². The number of anilines is 1. The van der Waals surface area contributed by atoms with Crippen molar-refractivity contribution in [2.24, 2.45) is 5.92 Å². The van der Waals surface area contributed by atoms with E-state index in [1.54, 1.807) is 17.3 Å². The molecule has 0 atom stereocenters. The van der Waals surface area contributed by atoms with Crippen molar-refractivity contribution >= 4 is 17.6 Å². The maximum absolute atomic E-state index is 13.6. The van der Waals surface area contributed by atoms with Gasteiger partial charge in [0.1, 0.15) is 12.9 Å². The van der Waals surface area contributed by atoms with E-state index in [0.29, 0.717) is 18.2 Å². The Hall–Kier alpha value is -3.00. The lowest BCUT2D eigenvalue weighted by Crippen LogP contribution is -2.56. The molecule has 3 amide bonds. The Kier molecular flexibility index (Phi) is 6.49. The average Bonchev–Trinajstić information content (AvgIpc) is 3.08. The van der Waals surface area contributed by atoms with Gasteiger partial charge in [-0.1, -0.05) is 36.8 Å². The van der Waals surface area contributed by atoms with Crippen LogP contribution in [-0.2, 0) is 10.3 Å². The summed E-state index contributed by atoms with van der Waals surface area (Å²) in [7, 11) is 4.34. The molecule has 2 heterocycles. The lowest BCUT2D eigenvalue weighted by Gasteiger charge is -2.51. The number of carbonyl (C=O) groups excluding carboxylic acids is 2. The number of rotatable bonds is 7. The van der Waals surface area contributed by atoms with Crippen LogP contribution in [0.15, 0.2) is 49.1 Å². The molecule has 1 saturated heterocycles. The van der Waals surface area contributed by atoms with E-state index in [4.69, 9.17) is 0 Å². The maximum Gasteiger partial charge on any atom is 0.321 e. The van der Waals surface area contributed by atoms with E-state index in [9.17, 15) is 9.59 Å². The summed E-state index contributed by atoms with van der Waals surface area (Å²) in [6, 6.07) is 10.8. The number of hydrogen-bond donors (Lipinski definition) is 1. The second-order valence-corrected chi connectivity index (χ2v) is 10.7. The molecule has 1 spiro atoms. The highest BCUT2D eigenvalue weighted by molar-refractivity contribution is 5.94. The Labute approximate surface area is 207 Å². The van der Waals surface area contributed by atoms with Crippen molar-refractivity contribution in [2.75, 3.05) is 39.0 Å². The molecule has 2 saturated carbocycles. The summed E-state index contributed by atoms with van der Waals surface area (Å²) < 4.78 is 0. The minimum absolute atomic E-state index is 0.00780. The Balaban J connectivity index is 1.34. The largest absolute Gasteiger partial charge is 0.322 e. The number of aromatic nitrogens is 2. The molecule has 1 aromatic heterocycles. The highest BCUT2D eigenvalue weighted by Gasteiger charge is 2.55. The van der Waals surface area contributed by atoms with Gasteiger partial charge in [0.05, 0.1) is 23.6 Å². The van der Waals surface area contributed by atoms with Gasteiger partial charge >= 0.3 is 6.03 Å². The fourth-order valence-electron chi connectivity index (χ4n) is 6.25. The van der Waals surface area contributed by atoms with Crippen LogP contribution in [-0.4, -0.2) is 75.9 Å². The van der Waals surface area contributed by atoms with Gasteiger partial charge < -0.3 is 15.1 Å². The summed E-state index contributed by atoms with van der Waals surface area (Å²) in [6.45, 7) is 1.47. The van der Waals surface area contributed by atoms with Gasteiger partial charge in [0.15, 0.2) is 0 Å². The Morgan fingerprint density at radius 2 is 1.77 bits per heavy atom. The molecule has 8 heteroatoms. The molecule has 2 aliphatic carbocycles. The van der Waals surface area contributed by atoms with E-state index in [2.05, 4.69) is 69.5 Å². The second kappa shape index (κ2) is 9.57. The number of amides is 3. The summed E-state index contributed by atoms with van der Waals surface area (Å²) in [5.74, 6) is 0.372.